The number of hydrogen-bond donors (Lipinski definition) is 2. The van der Waals surface area contributed by atoms with Crippen molar-refractivity contribution in [2.75, 3.05) is 13.7 Å². The van der Waals surface area contributed by atoms with Gasteiger partial charge in [-0.3, -0.25) is 14.4 Å². The van der Waals surface area contributed by atoms with Crippen molar-refractivity contribution < 1.29 is 19.1 Å². The SMILES string of the molecule is COC(=O)C1CC(NC(C)(C)C)CCC1N1CC[C@H](NC(=O)c2nc(C(C)(C)C)cs2)C1=O. The summed E-state index contributed by atoms with van der Waals surface area (Å²) in [6.45, 7) is 13.0. The van der Waals surface area contributed by atoms with Crippen LogP contribution < -0.4 is 10.6 Å². The van der Waals surface area contributed by atoms with Crippen LogP contribution in [0, 0.1) is 5.92 Å². The number of esters is 1. The zero-order valence-corrected chi connectivity index (χ0v) is 21.7. The molecule has 0 radical (unpaired) electrons. The van der Waals surface area contributed by atoms with Crippen LogP contribution in [0.15, 0.2) is 5.38 Å². The van der Waals surface area contributed by atoms with Crippen molar-refractivity contribution in [2.24, 2.45) is 5.92 Å². The number of carbonyl (C=O) groups is 3. The van der Waals surface area contributed by atoms with Gasteiger partial charge in [0.25, 0.3) is 5.91 Å². The summed E-state index contributed by atoms with van der Waals surface area (Å²) in [7, 11) is 1.40. The van der Waals surface area contributed by atoms with E-state index in [1.54, 1.807) is 4.90 Å². The molecule has 1 aliphatic heterocycles. The number of thiazole rings is 1. The van der Waals surface area contributed by atoms with E-state index in [0.29, 0.717) is 24.4 Å². The molecule has 1 aliphatic carbocycles. The van der Waals surface area contributed by atoms with Gasteiger partial charge in [-0.2, -0.15) is 0 Å². The van der Waals surface area contributed by atoms with Gasteiger partial charge >= 0.3 is 5.97 Å². The van der Waals surface area contributed by atoms with Crippen molar-refractivity contribution in [3.63, 3.8) is 0 Å². The third-order valence-corrected chi connectivity index (χ3v) is 7.21. The molecule has 1 saturated carbocycles. The molecule has 184 valence electrons. The molecule has 8 nitrogen and oxygen atoms in total. The van der Waals surface area contributed by atoms with Crippen LogP contribution >= 0.6 is 11.3 Å². The van der Waals surface area contributed by atoms with Crippen molar-refractivity contribution in [3.8, 4) is 0 Å². The van der Waals surface area contributed by atoms with E-state index in [9.17, 15) is 14.4 Å². The predicted molar refractivity (Wildman–Crippen MR) is 128 cm³/mol. The molecule has 1 aromatic rings. The highest BCUT2D eigenvalue weighted by atomic mass is 32.1. The molecule has 4 atom stereocenters. The number of likely N-dealkylation sites (tertiary alicyclic amines) is 1. The molecule has 2 fully saturated rings. The summed E-state index contributed by atoms with van der Waals surface area (Å²) >= 11 is 1.29. The summed E-state index contributed by atoms with van der Waals surface area (Å²) < 4.78 is 5.09. The van der Waals surface area contributed by atoms with Crippen molar-refractivity contribution in [2.45, 2.75) is 96.3 Å². The Morgan fingerprint density at radius 2 is 1.85 bits per heavy atom. The van der Waals surface area contributed by atoms with Crippen LogP contribution in [-0.2, 0) is 19.7 Å². The number of methoxy groups -OCH3 is 1. The molecule has 9 heteroatoms. The lowest BCUT2D eigenvalue weighted by atomic mass is 9.80. The Hall–Kier alpha value is -2.00. The summed E-state index contributed by atoms with van der Waals surface area (Å²) in [6, 6.07) is -0.610. The average molecular weight is 479 g/mol. The molecule has 2 aliphatic rings. The van der Waals surface area contributed by atoms with Crippen LogP contribution in [0.5, 0.6) is 0 Å². The van der Waals surface area contributed by atoms with E-state index in [1.807, 2.05) is 26.2 Å². The van der Waals surface area contributed by atoms with Gasteiger partial charge in [-0.1, -0.05) is 20.8 Å². The van der Waals surface area contributed by atoms with Crippen molar-refractivity contribution in [1.29, 1.82) is 0 Å². The number of rotatable bonds is 5. The third kappa shape index (κ3) is 6.12. The highest BCUT2D eigenvalue weighted by Gasteiger charge is 2.45. The monoisotopic (exact) mass is 478 g/mol. The van der Waals surface area contributed by atoms with E-state index in [0.717, 1.165) is 18.5 Å². The zero-order chi connectivity index (χ0) is 24.6. The third-order valence-electron chi connectivity index (χ3n) is 6.37. The highest BCUT2D eigenvalue weighted by Crippen LogP contribution is 2.33. The molecule has 3 unspecified atom stereocenters. The first-order valence-electron chi connectivity index (χ1n) is 11.7. The smallest absolute Gasteiger partial charge is 0.310 e. The second-order valence-corrected chi connectivity index (χ2v) is 12.1. The number of amides is 2. The number of carbonyl (C=O) groups excluding carboxylic acids is 3. The summed E-state index contributed by atoms with van der Waals surface area (Å²) in [4.78, 5) is 44.8. The van der Waals surface area contributed by atoms with E-state index in [2.05, 4.69) is 36.4 Å². The van der Waals surface area contributed by atoms with Gasteiger partial charge < -0.3 is 20.3 Å². The number of nitrogens with zero attached hydrogens (tertiary/aromatic N) is 2. The molecule has 33 heavy (non-hydrogen) atoms. The molecule has 0 spiro atoms. The van der Waals surface area contributed by atoms with Gasteiger partial charge in [-0.05, 0) is 46.5 Å². The first-order valence-corrected chi connectivity index (χ1v) is 12.6. The van der Waals surface area contributed by atoms with Crippen molar-refractivity contribution >= 4 is 29.1 Å². The molecule has 0 aromatic carbocycles. The lowest BCUT2D eigenvalue weighted by Gasteiger charge is -2.41. The second-order valence-electron chi connectivity index (χ2n) is 11.2. The summed E-state index contributed by atoms with van der Waals surface area (Å²) in [5, 5.41) is 8.71. The van der Waals surface area contributed by atoms with E-state index in [-0.39, 0.29) is 46.7 Å². The highest BCUT2D eigenvalue weighted by molar-refractivity contribution is 7.11. The lowest BCUT2D eigenvalue weighted by Crippen LogP contribution is -2.55. The first kappa shape index (κ1) is 25.6. The Bertz CT molecular complexity index is 886. The molecule has 1 saturated heterocycles. The lowest BCUT2D eigenvalue weighted by molar-refractivity contribution is -0.151. The molecule has 2 amide bonds. The van der Waals surface area contributed by atoms with Crippen molar-refractivity contribution in [3.05, 3.63) is 16.1 Å². The van der Waals surface area contributed by atoms with E-state index in [1.165, 1.54) is 18.4 Å². The summed E-state index contributed by atoms with van der Waals surface area (Å²) in [6.07, 6.45) is 2.76. The van der Waals surface area contributed by atoms with Gasteiger partial charge in [0.15, 0.2) is 5.01 Å². The van der Waals surface area contributed by atoms with Gasteiger partial charge in [0.05, 0.1) is 18.7 Å². The average Bonchev–Trinajstić information content (AvgIpc) is 3.34. The van der Waals surface area contributed by atoms with Gasteiger partial charge in [0, 0.05) is 35.0 Å². The fourth-order valence-corrected chi connectivity index (χ4v) is 5.73. The van der Waals surface area contributed by atoms with Crippen LogP contribution in [-0.4, -0.2) is 65.0 Å². The molecule has 1 aromatic heterocycles. The molecule has 0 bridgehead atoms. The summed E-state index contributed by atoms with van der Waals surface area (Å²) in [5.41, 5.74) is 0.664. The largest absolute Gasteiger partial charge is 0.469 e. The van der Waals surface area contributed by atoms with Gasteiger partial charge in [-0.25, -0.2) is 4.98 Å². The van der Waals surface area contributed by atoms with Crippen LogP contribution in [0.2, 0.25) is 0 Å². The maximum atomic E-state index is 13.2. The van der Waals surface area contributed by atoms with Gasteiger partial charge in [0.2, 0.25) is 5.91 Å². The van der Waals surface area contributed by atoms with E-state index in [4.69, 9.17) is 4.74 Å². The number of hydrogen-bond acceptors (Lipinski definition) is 7. The molecule has 2 heterocycles. The number of nitrogens with one attached hydrogen (secondary N) is 2. The van der Waals surface area contributed by atoms with Gasteiger partial charge in [-0.15, -0.1) is 11.3 Å². The van der Waals surface area contributed by atoms with Crippen LogP contribution in [0.25, 0.3) is 0 Å². The quantitative estimate of drug-likeness (QED) is 0.631. The Balaban J connectivity index is 1.67. The fraction of sp³-hybridized carbons (Fsp3) is 0.750. The normalized spacial score (nSPS) is 26.4. The van der Waals surface area contributed by atoms with Crippen LogP contribution in [0.4, 0.5) is 0 Å². The molecular weight excluding hydrogens is 440 g/mol. The van der Waals surface area contributed by atoms with Crippen LogP contribution in [0.3, 0.4) is 0 Å². The summed E-state index contributed by atoms with van der Waals surface area (Å²) in [5.74, 6) is -1.11. The minimum atomic E-state index is -0.594. The Kier molecular flexibility index (Phi) is 7.53. The maximum absolute atomic E-state index is 13.2. The fourth-order valence-electron chi connectivity index (χ4n) is 4.78. The standard InChI is InChI=1S/C24H38N4O4S/c1-23(2,3)18-13-33-20(26-18)19(29)25-16-10-11-28(21(16)30)17-9-8-14(27-24(4,5)6)12-15(17)22(31)32-7/h13-17,27H,8-12H2,1-7H3,(H,25,29)/t14?,15?,16-,17?/m0/s1. The van der Waals surface area contributed by atoms with Crippen molar-refractivity contribution in [1.82, 2.24) is 20.5 Å². The van der Waals surface area contributed by atoms with Crippen LogP contribution in [0.1, 0.15) is 82.7 Å². The number of aromatic nitrogens is 1. The maximum Gasteiger partial charge on any atom is 0.310 e. The predicted octanol–water partition coefficient (Wildman–Crippen LogP) is 2.87. The Labute approximate surface area is 200 Å². The van der Waals surface area contributed by atoms with Gasteiger partial charge in [0.1, 0.15) is 6.04 Å². The molecule has 3 rings (SSSR count). The van der Waals surface area contributed by atoms with E-state index >= 15 is 0 Å². The molecular formula is C24H38N4O4S. The topological polar surface area (TPSA) is 101 Å². The Morgan fingerprint density at radius 3 is 2.42 bits per heavy atom. The minimum absolute atomic E-state index is 0.0559. The Morgan fingerprint density at radius 1 is 1.15 bits per heavy atom. The number of ether oxygens (including phenoxy) is 1. The molecule has 2 N–H and O–H groups in total. The zero-order valence-electron chi connectivity index (χ0n) is 20.9. The second kappa shape index (κ2) is 9.70. The van der Waals surface area contributed by atoms with E-state index < -0.39 is 6.04 Å². The first-order chi connectivity index (χ1) is 15.3. The minimum Gasteiger partial charge on any atom is -0.469 e.